The topological polar surface area (TPSA) is 91.4 Å². The average Bonchev–Trinajstić information content (AvgIpc) is 3.48. The first-order valence-electron chi connectivity index (χ1n) is 12.2. The number of aromatic nitrogens is 2. The number of amides is 1. The summed E-state index contributed by atoms with van der Waals surface area (Å²) >= 11 is 12.5. The molecule has 1 amide bonds. The minimum atomic E-state index is -2.90. The summed E-state index contributed by atoms with van der Waals surface area (Å²) in [5, 5.41) is 4.13. The Hall–Kier alpha value is -2.78. The van der Waals surface area contributed by atoms with Crippen molar-refractivity contribution in [1.82, 2.24) is 9.55 Å². The van der Waals surface area contributed by atoms with Crippen molar-refractivity contribution >= 4 is 46.0 Å². The van der Waals surface area contributed by atoms with Gasteiger partial charge < -0.3 is 25.1 Å². The van der Waals surface area contributed by atoms with Crippen LogP contribution in [0.15, 0.2) is 42.7 Å². The van der Waals surface area contributed by atoms with Gasteiger partial charge in [-0.15, -0.1) is 0 Å². The Balaban J connectivity index is 1.60. The van der Waals surface area contributed by atoms with E-state index in [9.17, 15) is 13.6 Å². The molecule has 3 aromatic rings. The molecule has 1 aromatic heterocycles. The Labute approximate surface area is 224 Å². The minimum absolute atomic E-state index is 0.0570. The third kappa shape index (κ3) is 6.96. The maximum atomic E-state index is 12.5. The number of carbonyl (C=O) groups is 1. The molecule has 0 spiro atoms. The highest BCUT2D eigenvalue weighted by atomic mass is 35.5. The zero-order valence-electron chi connectivity index (χ0n) is 20.4. The number of anilines is 1. The van der Waals surface area contributed by atoms with Crippen molar-refractivity contribution in [1.29, 1.82) is 0 Å². The van der Waals surface area contributed by atoms with Gasteiger partial charge in [-0.25, -0.2) is 9.78 Å². The molecule has 0 unspecified atom stereocenters. The molecule has 0 saturated heterocycles. The number of nitrogens with zero attached hydrogens (tertiary/aromatic N) is 2. The van der Waals surface area contributed by atoms with Gasteiger partial charge >= 0.3 is 12.7 Å². The van der Waals surface area contributed by atoms with E-state index >= 15 is 0 Å². The summed E-state index contributed by atoms with van der Waals surface area (Å²) in [4.78, 5) is 16.5. The number of primary amides is 1. The summed E-state index contributed by atoms with van der Waals surface area (Å²) in [5.41, 5.74) is 6.75. The second kappa shape index (κ2) is 11.7. The van der Waals surface area contributed by atoms with Gasteiger partial charge in [0, 0.05) is 18.2 Å². The molecule has 11 heteroatoms. The molecule has 1 fully saturated rings. The fourth-order valence-corrected chi connectivity index (χ4v) is 5.44. The van der Waals surface area contributed by atoms with Crippen LogP contribution in [0.5, 0.6) is 5.75 Å². The van der Waals surface area contributed by atoms with Crippen LogP contribution < -0.4 is 15.8 Å². The molecule has 1 aliphatic rings. The molecule has 7 nitrogen and oxygen atoms in total. The normalized spacial score (nSPS) is 16.6. The second-order valence-electron chi connectivity index (χ2n) is 9.73. The largest absolute Gasteiger partial charge is 0.441 e. The molecule has 0 aliphatic heterocycles. The van der Waals surface area contributed by atoms with Gasteiger partial charge in [0.15, 0.2) is 0 Å². The summed E-state index contributed by atoms with van der Waals surface area (Å²) in [6, 6.07) is 9.66. The van der Waals surface area contributed by atoms with Crippen LogP contribution in [0.3, 0.4) is 0 Å². The molecule has 37 heavy (non-hydrogen) atoms. The molecule has 3 N–H and O–H groups in total. The van der Waals surface area contributed by atoms with Crippen LogP contribution in [-0.2, 0) is 11.3 Å². The fraction of sp³-hybridized carbons (Fsp3) is 0.462. The predicted molar refractivity (Wildman–Crippen MR) is 140 cm³/mol. The Kier molecular flexibility index (Phi) is 8.64. The molecule has 1 aliphatic carbocycles. The van der Waals surface area contributed by atoms with E-state index in [0.717, 1.165) is 30.3 Å². The van der Waals surface area contributed by atoms with Gasteiger partial charge in [-0.3, -0.25) is 0 Å². The number of hydrogen-bond acceptors (Lipinski definition) is 5. The van der Waals surface area contributed by atoms with Crippen LogP contribution in [0.2, 0.25) is 10.0 Å². The number of imidazole rings is 1. The van der Waals surface area contributed by atoms with Gasteiger partial charge in [0.2, 0.25) is 0 Å². The quantitative estimate of drug-likeness (QED) is 0.263. The number of nitrogens with two attached hydrogens (primary N) is 1. The highest BCUT2D eigenvalue weighted by Crippen LogP contribution is 2.38. The number of carbonyl (C=O) groups excluding carboxylic acids is 1. The van der Waals surface area contributed by atoms with Crippen LogP contribution in [0.25, 0.3) is 11.0 Å². The summed E-state index contributed by atoms with van der Waals surface area (Å²) < 4.78 is 37.2. The number of rotatable bonds is 11. The lowest BCUT2D eigenvalue weighted by molar-refractivity contribution is -0.0498. The first-order chi connectivity index (χ1) is 17.6. The van der Waals surface area contributed by atoms with E-state index < -0.39 is 18.3 Å². The van der Waals surface area contributed by atoms with Crippen molar-refractivity contribution in [3.8, 4) is 5.75 Å². The monoisotopic (exact) mass is 554 g/mol. The van der Waals surface area contributed by atoms with E-state index in [2.05, 4.69) is 15.0 Å². The summed E-state index contributed by atoms with van der Waals surface area (Å²) in [7, 11) is 0. The molecule has 0 bridgehead atoms. The molecule has 200 valence electrons. The summed E-state index contributed by atoms with van der Waals surface area (Å²) in [6.07, 6.45) is 6.29. The Morgan fingerprint density at radius 3 is 2.54 bits per heavy atom. The lowest BCUT2D eigenvalue weighted by Crippen LogP contribution is -2.48. The fourth-order valence-electron chi connectivity index (χ4n) is 5.13. The number of alkyl halides is 2. The number of nitrogens with one attached hydrogen (secondary N) is 1. The van der Waals surface area contributed by atoms with Crippen molar-refractivity contribution in [2.45, 2.75) is 57.8 Å². The average molecular weight is 555 g/mol. The number of hydrogen-bond donors (Lipinski definition) is 2. The van der Waals surface area contributed by atoms with Crippen molar-refractivity contribution < 1.29 is 23.0 Å². The van der Waals surface area contributed by atoms with E-state index in [0.29, 0.717) is 28.2 Å². The lowest BCUT2D eigenvalue weighted by Gasteiger charge is -2.38. The SMILES string of the molecule is C[C@](CNc1ccc(OC(F)F)cc1)(OC(N)=O)[C@@H](CC1CCCC1)Cn1cnc2cc(Cl)c(Cl)cc21. The Morgan fingerprint density at radius 1 is 1.22 bits per heavy atom. The number of halogens is 4. The van der Waals surface area contributed by atoms with Gasteiger partial charge in [-0.05, 0) is 55.7 Å². The zero-order chi connectivity index (χ0) is 26.6. The highest BCUT2D eigenvalue weighted by molar-refractivity contribution is 6.42. The Morgan fingerprint density at radius 2 is 1.89 bits per heavy atom. The maximum Gasteiger partial charge on any atom is 0.405 e. The van der Waals surface area contributed by atoms with Gasteiger partial charge in [0.1, 0.15) is 11.4 Å². The molecule has 1 heterocycles. The summed E-state index contributed by atoms with van der Waals surface area (Å²) in [6.45, 7) is -0.270. The molecular formula is C26H30Cl2F2N4O3. The van der Waals surface area contributed by atoms with Gasteiger partial charge in [-0.1, -0.05) is 48.9 Å². The van der Waals surface area contributed by atoms with E-state index in [1.54, 1.807) is 30.6 Å². The van der Waals surface area contributed by atoms with Crippen LogP contribution >= 0.6 is 23.2 Å². The van der Waals surface area contributed by atoms with Crippen molar-refractivity contribution in [3.63, 3.8) is 0 Å². The van der Waals surface area contributed by atoms with Gasteiger partial charge in [-0.2, -0.15) is 8.78 Å². The standard InChI is InChI=1S/C26H30Cl2F2N4O3/c1-26(37-25(31)35,14-32-18-6-8-19(9-7-18)36-24(29)30)17(10-16-4-2-3-5-16)13-34-15-33-22-11-20(27)21(28)12-23(22)34/h6-9,11-12,15-17,24,32H,2-5,10,13-14H2,1H3,(H2,31,35)/t17-,26+/m0/s1. The maximum absolute atomic E-state index is 12.5. The van der Waals surface area contributed by atoms with E-state index in [1.807, 2.05) is 11.5 Å². The van der Waals surface area contributed by atoms with Crippen LogP contribution in [0.4, 0.5) is 19.3 Å². The number of ether oxygens (including phenoxy) is 2. The molecule has 2 aromatic carbocycles. The zero-order valence-corrected chi connectivity index (χ0v) is 21.9. The van der Waals surface area contributed by atoms with Crippen LogP contribution in [-0.4, -0.2) is 34.4 Å². The minimum Gasteiger partial charge on any atom is -0.441 e. The number of benzene rings is 2. The first kappa shape index (κ1) is 27.3. The highest BCUT2D eigenvalue weighted by Gasteiger charge is 2.40. The van der Waals surface area contributed by atoms with Crippen LogP contribution in [0, 0.1) is 11.8 Å². The lowest BCUT2D eigenvalue weighted by atomic mass is 9.80. The van der Waals surface area contributed by atoms with Gasteiger partial charge in [0.25, 0.3) is 0 Å². The van der Waals surface area contributed by atoms with Crippen LogP contribution in [0.1, 0.15) is 39.0 Å². The van der Waals surface area contributed by atoms with E-state index in [-0.39, 0.29) is 18.2 Å². The van der Waals surface area contributed by atoms with E-state index in [1.165, 1.54) is 25.0 Å². The van der Waals surface area contributed by atoms with Crippen molar-refractivity contribution in [3.05, 3.63) is 52.8 Å². The van der Waals surface area contributed by atoms with Gasteiger partial charge in [0.05, 0.1) is 34.0 Å². The molecule has 2 atom stereocenters. The number of fused-ring (bicyclic) bond motifs is 1. The molecular weight excluding hydrogens is 525 g/mol. The van der Waals surface area contributed by atoms with Crippen molar-refractivity contribution in [2.75, 3.05) is 11.9 Å². The molecule has 4 rings (SSSR count). The first-order valence-corrected chi connectivity index (χ1v) is 13.0. The summed E-state index contributed by atoms with van der Waals surface area (Å²) in [5.74, 6) is 0.435. The smallest absolute Gasteiger partial charge is 0.405 e. The molecule has 0 radical (unpaired) electrons. The Bertz CT molecular complexity index is 1220. The van der Waals surface area contributed by atoms with E-state index in [4.69, 9.17) is 33.7 Å². The predicted octanol–water partition coefficient (Wildman–Crippen LogP) is 7.11. The molecule has 1 saturated carbocycles. The third-order valence-corrected chi connectivity index (χ3v) is 7.82. The van der Waals surface area contributed by atoms with Crippen molar-refractivity contribution in [2.24, 2.45) is 17.6 Å². The third-order valence-electron chi connectivity index (χ3n) is 7.09. The second-order valence-corrected chi connectivity index (χ2v) is 10.5.